The Bertz CT molecular complexity index is 764. The van der Waals surface area contributed by atoms with Crippen molar-refractivity contribution in [2.75, 3.05) is 13.7 Å². The average Bonchev–Trinajstić information content (AvgIpc) is 2.77. The molecule has 4 nitrogen and oxygen atoms in total. The van der Waals surface area contributed by atoms with Gasteiger partial charge in [-0.3, -0.25) is 0 Å². The van der Waals surface area contributed by atoms with Gasteiger partial charge in [-0.25, -0.2) is 4.79 Å². The van der Waals surface area contributed by atoms with Crippen molar-refractivity contribution in [1.82, 2.24) is 0 Å². The number of fused-ring (bicyclic) bond motifs is 1. The van der Waals surface area contributed by atoms with Gasteiger partial charge in [-0.1, -0.05) is 37.5 Å². The van der Waals surface area contributed by atoms with E-state index in [9.17, 15) is 4.79 Å². The van der Waals surface area contributed by atoms with E-state index in [1.807, 2.05) is 30.4 Å². The second kappa shape index (κ2) is 7.81. The predicted octanol–water partition coefficient (Wildman–Crippen LogP) is 5.01. The first-order chi connectivity index (χ1) is 12.5. The quantitative estimate of drug-likeness (QED) is 0.610. The minimum Gasteiger partial charge on any atom is -0.497 e. The molecular weight excluding hydrogens is 328 g/mol. The lowest BCUT2D eigenvalue weighted by atomic mass is 9.73. The number of carbonyl (C=O) groups is 1. The lowest BCUT2D eigenvalue weighted by molar-refractivity contribution is -0.131. The number of rotatable bonds is 4. The molecule has 1 fully saturated rings. The molecule has 1 N–H and O–H groups in total. The second-order valence-corrected chi connectivity index (χ2v) is 7.23. The summed E-state index contributed by atoms with van der Waals surface area (Å²) in [5, 5.41) is 8.93. The summed E-state index contributed by atoms with van der Waals surface area (Å²) in [5.41, 5.74) is 2.81. The third kappa shape index (κ3) is 4.18. The highest BCUT2D eigenvalue weighted by Crippen LogP contribution is 2.44. The van der Waals surface area contributed by atoms with Crippen LogP contribution in [0.15, 0.2) is 48.1 Å². The molecular formula is C22H26O4. The molecule has 1 spiro atoms. The smallest absolute Gasteiger partial charge is 0.328 e. The van der Waals surface area contributed by atoms with Crippen molar-refractivity contribution in [3.05, 3.63) is 53.6 Å². The van der Waals surface area contributed by atoms with Crippen molar-refractivity contribution in [3.63, 3.8) is 0 Å². The van der Waals surface area contributed by atoms with Gasteiger partial charge in [-0.05, 0) is 49.1 Å². The van der Waals surface area contributed by atoms with Crippen molar-refractivity contribution in [3.8, 4) is 11.5 Å². The van der Waals surface area contributed by atoms with E-state index in [0.29, 0.717) is 12.2 Å². The normalized spacial score (nSPS) is 19.5. The van der Waals surface area contributed by atoms with Crippen LogP contribution in [0.3, 0.4) is 0 Å². The summed E-state index contributed by atoms with van der Waals surface area (Å²) < 4.78 is 11.6. The minimum absolute atomic E-state index is 0.0502. The van der Waals surface area contributed by atoms with E-state index in [0.717, 1.165) is 35.5 Å². The van der Waals surface area contributed by atoms with Crippen LogP contribution in [-0.2, 0) is 4.79 Å². The third-order valence-electron chi connectivity index (χ3n) is 5.20. The van der Waals surface area contributed by atoms with E-state index in [2.05, 4.69) is 6.08 Å². The van der Waals surface area contributed by atoms with Crippen LogP contribution >= 0.6 is 0 Å². The van der Waals surface area contributed by atoms with Gasteiger partial charge in [0.25, 0.3) is 0 Å². The highest BCUT2D eigenvalue weighted by atomic mass is 16.5. The molecule has 3 rings (SSSR count). The van der Waals surface area contributed by atoms with Crippen LogP contribution in [0.1, 0.15) is 44.6 Å². The second-order valence-electron chi connectivity index (χ2n) is 7.23. The van der Waals surface area contributed by atoms with Crippen molar-refractivity contribution < 1.29 is 19.4 Å². The maximum absolute atomic E-state index is 10.9. The van der Waals surface area contributed by atoms with Crippen LogP contribution in [0, 0.1) is 5.41 Å². The van der Waals surface area contributed by atoms with E-state index >= 15 is 0 Å². The molecule has 1 aliphatic heterocycles. The number of carboxylic acid groups (broad SMARTS) is 1. The third-order valence-corrected chi connectivity index (χ3v) is 5.20. The van der Waals surface area contributed by atoms with Gasteiger partial charge in [0.15, 0.2) is 0 Å². The number of hydrogen-bond acceptors (Lipinski definition) is 3. The zero-order valence-corrected chi connectivity index (χ0v) is 15.5. The van der Waals surface area contributed by atoms with Gasteiger partial charge in [0.2, 0.25) is 0 Å². The maximum atomic E-state index is 10.9. The summed E-state index contributed by atoms with van der Waals surface area (Å²) in [5.74, 6) is 0.698. The standard InChI is InChI=1S/C22H26O4/c1-16(12-21(23)24)6-7-17-14-22(10-4-3-5-11-22)15-26-20-9-8-18(25-2)13-19(17)20/h6-9,12-14H,3-5,10-11,15H2,1-2H3,(H,23,24)/b7-6+,16-12+. The summed E-state index contributed by atoms with van der Waals surface area (Å²) >= 11 is 0. The summed E-state index contributed by atoms with van der Waals surface area (Å²) in [6, 6.07) is 5.86. The van der Waals surface area contributed by atoms with Gasteiger partial charge in [-0.15, -0.1) is 0 Å². The minimum atomic E-state index is -0.934. The fourth-order valence-corrected chi connectivity index (χ4v) is 3.80. The van der Waals surface area contributed by atoms with Gasteiger partial charge in [0.1, 0.15) is 11.5 Å². The number of hydrogen-bond donors (Lipinski definition) is 1. The van der Waals surface area contributed by atoms with Gasteiger partial charge in [-0.2, -0.15) is 0 Å². The first-order valence-electron chi connectivity index (χ1n) is 9.15. The molecule has 26 heavy (non-hydrogen) atoms. The largest absolute Gasteiger partial charge is 0.497 e. The highest BCUT2D eigenvalue weighted by molar-refractivity contribution is 5.83. The van der Waals surface area contributed by atoms with E-state index in [-0.39, 0.29) is 5.41 Å². The van der Waals surface area contributed by atoms with Crippen molar-refractivity contribution in [1.29, 1.82) is 0 Å². The van der Waals surface area contributed by atoms with Crippen molar-refractivity contribution >= 4 is 11.5 Å². The Morgan fingerprint density at radius 1 is 1.27 bits per heavy atom. The number of allylic oxidation sites excluding steroid dienone is 4. The van der Waals surface area contributed by atoms with Crippen molar-refractivity contribution in [2.45, 2.75) is 39.0 Å². The SMILES string of the molecule is COc1ccc2c(c1)C(/C=C/C(C)=C/C(=O)O)=CC1(CCCCC1)CO2. The summed E-state index contributed by atoms with van der Waals surface area (Å²) in [4.78, 5) is 10.9. The van der Waals surface area contributed by atoms with Gasteiger partial charge >= 0.3 is 5.97 Å². The summed E-state index contributed by atoms with van der Waals surface area (Å²) in [6.45, 7) is 2.48. The van der Waals surface area contributed by atoms with Crippen LogP contribution in [-0.4, -0.2) is 24.8 Å². The van der Waals surface area contributed by atoms with Gasteiger partial charge < -0.3 is 14.6 Å². The molecule has 1 saturated carbocycles. The number of methoxy groups -OCH3 is 1. The summed E-state index contributed by atoms with van der Waals surface area (Å²) in [7, 11) is 1.65. The average molecular weight is 354 g/mol. The molecule has 1 aromatic rings. The molecule has 0 saturated heterocycles. The fourth-order valence-electron chi connectivity index (χ4n) is 3.80. The molecule has 1 aliphatic carbocycles. The predicted molar refractivity (Wildman–Crippen MR) is 103 cm³/mol. The molecule has 0 aromatic heterocycles. The van der Waals surface area contributed by atoms with Crippen LogP contribution in [0.2, 0.25) is 0 Å². The van der Waals surface area contributed by atoms with E-state index in [1.165, 1.54) is 25.3 Å². The van der Waals surface area contributed by atoms with Crippen LogP contribution in [0.4, 0.5) is 0 Å². The summed E-state index contributed by atoms with van der Waals surface area (Å²) in [6.07, 6.45) is 13.4. The molecule has 0 atom stereocenters. The van der Waals surface area contributed by atoms with Crippen LogP contribution in [0.25, 0.3) is 5.57 Å². The Hall–Kier alpha value is -2.49. The molecule has 1 aromatic carbocycles. The molecule has 4 heteroatoms. The number of carboxylic acids is 1. The zero-order valence-electron chi connectivity index (χ0n) is 15.5. The maximum Gasteiger partial charge on any atom is 0.328 e. The fraction of sp³-hybridized carbons (Fsp3) is 0.409. The van der Waals surface area contributed by atoms with Gasteiger partial charge in [0.05, 0.1) is 13.7 Å². The Labute approximate surface area is 154 Å². The first-order valence-corrected chi connectivity index (χ1v) is 9.15. The van der Waals surface area contributed by atoms with E-state index < -0.39 is 5.97 Å². The van der Waals surface area contributed by atoms with Crippen LogP contribution in [0.5, 0.6) is 11.5 Å². The topological polar surface area (TPSA) is 55.8 Å². The number of ether oxygens (including phenoxy) is 2. The highest BCUT2D eigenvalue weighted by Gasteiger charge is 2.33. The molecule has 0 amide bonds. The molecule has 0 bridgehead atoms. The molecule has 0 unspecified atom stereocenters. The Morgan fingerprint density at radius 2 is 2.04 bits per heavy atom. The molecule has 0 radical (unpaired) electrons. The Morgan fingerprint density at radius 3 is 2.73 bits per heavy atom. The monoisotopic (exact) mass is 354 g/mol. The van der Waals surface area contributed by atoms with Crippen molar-refractivity contribution in [2.24, 2.45) is 5.41 Å². The first kappa shape index (κ1) is 18.3. The Kier molecular flexibility index (Phi) is 5.50. The molecule has 1 heterocycles. The number of aliphatic carboxylic acids is 1. The van der Waals surface area contributed by atoms with E-state index in [4.69, 9.17) is 14.6 Å². The number of benzene rings is 1. The van der Waals surface area contributed by atoms with Gasteiger partial charge in [0, 0.05) is 17.1 Å². The van der Waals surface area contributed by atoms with E-state index in [1.54, 1.807) is 14.0 Å². The van der Waals surface area contributed by atoms with Crippen LogP contribution < -0.4 is 9.47 Å². The zero-order chi connectivity index (χ0) is 18.6. The Balaban J connectivity index is 2.04. The lowest BCUT2D eigenvalue weighted by Crippen LogP contribution is -2.28. The lowest BCUT2D eigenvalue weighted by Gasteiger charge is -2.33. The molecule has 138 valence electrons. The molecule has 2 aliphatic rings.